The van der Waals surface area contributed by atoms with E-state index in [-0.39, 0.29) is 24.1 Å². The highest BCUT2D eigenvalue weighted by Gasteiger charge is 2.64. The summed E-state index contributed by atoms with van der Waals surface area (Å²) >= 11 is 0. The van der Waals surface area contributed by atoms with Crippen LogP contribution in [0.3, 0.4) is 0 Å². The van der Waals surface area contributed by atoms with Crippen LogP contribution >= 0.6 is 0 Å². The summed E-state index contributed by atoms with van der Waals surface area (Å²) in [7, 11) is 0. The molecule has 6 rings (SSSR count). The van der Waals surface area contributed by atoms with Gasteiger partial charge < -0.3 is 9.47 Å². The minimum Gasteiger partial charge on any atom is -0.454 e. The lowest BCUT2D eigenvalue weighted by Crippen LogP contribution is -2.49. The summed E-state index contributed by atoms with van der Waals surface area (Å²) in [4.78, 5) is 59.1. The zero-order chi connectivity index (χ0) is 26.9. The Hall–Kier alpha value is -4.05. The number of hydrogen-bond donors (Lipinski definition) is 1. The molecule has 0 bridgehead atoms. The first-order valence-corrected chi connectivity index (χ1v) is 12.7. The van der Waals surface area contributed by atoms with E-state index in [4.69, 9.17) is 14.5 Å². The molecule has 1 N–H and O–H groups in total. The Labute approximate surface area is 218 Å². The molecule has 3 aliphatic heterocycles. The van der Waals surface area contributed by atoms with Crippen LogP contribution in [0, 0.1) is 5.92 Å². The van der Waals surface area contributed by atoms with E-state index < -0.39 is 47.5 Å². The second kappa shape index (κ2) is 8.49. The van der Waals surface area contributed by atoms with Crippen LogP contribution in [0.4, 0.5) is 5.69 Å². The number of carbonyl (C=O) groups is 3. The van der Waals surface area contributed by atoms with Crippen LogP contribution in [0.2, 0.25) is 0 Å². The highest BCUT2D eigenvalue weighted by Crippen LogP contribution is 2.55. The van der Waals surface area contributed by atoms with Crippen molar-refractivity contribution in [2.45, 2.75) is 64.1 Å². The van der Waals surface area contributed by atoms with Crippen LogP contribution in [0.5, 0.6) is 0 Å². The fourth-order valence-electron chi connectivity index (χ4n) is 6.03. The Balaban J connectivity index is 1.55. The highest BCUT2D eigenvalue weighted by molar-refractivity contribution is 6.03. The minimum absolute atomic E-state index is 0.0921. The molecule has 196 valence electrons. The molecule has 5 atom stereocenters. The van der Waals surface area contributed by atoms with Crippen LogP contribution in [-0.2, 0) is 29.5 Å². The fraction of sp³-hybridized carbons (Fsp3) is 0.393. The lowest BCUT2D eigenvalue weighted by atomic mass is 9.88. The summed E-state index contributed by atoms with van der Waals surface area (Å²) in [6, 6.07) is 12.7. The molecular weight excluding hydrogens is 488 g/mol. The summed E-state index contributed by atoms with van der Waals surface area (Å²) < 4.78 is 13.1. The molecule has 2 saturated heterocycles. The van der Waals surface area contributed by atoms with Gasteiger partial charge in [-0.1, -0.05) is 44.2 Å². The first kappa shape index (κ1) is 24.3. The van der Waals surface area contributed by atoms with Gasteiger partial charge in [0.15, 0.2) is 17.5 Å². The third kappa shape index (κ3) is 3.32. The third-order valence-electron chi connectivity index (χ3n) is 7.69. The number of benzene rings is 2. The SMILES string of the molecule is CC(=O)O[C@H](c1nc2ccccc2c(=O)n1[C@@H]1C[C@]2(OC1=O)c1ccccc1N1C(=O)[C@H](C)N[C@H]12)C(C)C. The molecule has 1 spiro atoms. The van der Waals surface area contributed by atoms with Gasteiger partial charge in [0.05, 0.1) is 22.6 Å². The molecule has 2 aromatic carbocycles. The molecule has 0 radical (unpaired) electrons. The number of nitrogens with zero attached hydrogens (tertiary/aromatic N) is 3. The Kier molecular flexibility index (Phi) is 5.43. The van der Waals surface area contributed by atoms with E-state index >= 15 is 0 Å². The third-order valence-corrected chi connectivity index (χ3v) is 7.69. The number of nitrogens with one attached hydrogen (secondary N) is 1. The number of amides is 1. The lowest BCUT2D eigenvalue weighted by Gasteiger charge is -2.30. The number of carbonyl (C=O) groups excluding carboxylic acids is 3. The van der Waals surface area contributed by atoms with Gasteiger partial charge in [-0.25, -0.2) is 9.78 Å². The Bertz CT molecular complexity index is 1560. The molecular formula is C28H28N4O6. The first-order chi connectivity index (χ1) is 18.1. The number of hydrogen-bond acceptors (Lipinski definition) is 8. The number of esters is 2. The van der Waals surface area contributed by atoms with Gasteiger partial charge in [-0.05, 0) is 31.0 Å². The van der Waals surface area contributed by atoms with Crippen molar-refractivity contribution >= 4 is 34.4 Å². The summed E-state index contributed by atoms with van der Waals surface area (Å²) in [6.07, 6.45) is -1.39. The monoisotopic (exact) mass is 516 g/mol. The molecule has 1 amide bonds. The smallest absolute Gasteiger partial charge is 0.330 e. The molecule has 0 aliphatic carbocycles. The van der Waals surface area contributed by atoms with Crippen molar-refractivity contribution < 1.29 is 23.9 Å². The Morgan fingerprint density at radius 1 is 1.13 bits per heavy atom. The quantitative estimate of drug-likeness (QED) is 0.526. The Morgan fingerprint density at radius 3 is 2.58 bits per heavy atom. The molecule has 0 unspecified atom stereocenters. The van der Waals surface area contributed by atoms with E-state index in [9.17, 15) is 19.2 Å². The van der Waals surface area contributed by atoms with Gasteiger partial charge in [-0.15, -0.1) is 0 Å². The fourth-order valence-corrected chi connectivity index (χ4v) is 6.03. The summed E-state index contributed by atoms with van der Waals surface area (Å²) in [5.74, 6) is -1.29. The molecule has 10 nitrogen and oxygen atoms in total. The number of ether oxygens (including phenoxy) is 2. The maximum absolute atomic E-state index is 14.0. The molecule has 2 fully saturated rings. The largest absolute Gasteiger partial charge is 0.454 e. The van der Waals surface area contributed by atoms with E-state index in [0.717, 1.165) is 0 Å². The number of fused-ring (bicyclic) bond motifs is 6. The first-order valence-electron chi connectivity index (χ1n) is 12.7. The predicted molar refractivity (Wildman–Crippen MR) is 137 cm³/mol. The summed E-state index contributed by atoms with van der Waals surface area (Å²) in [5, 5.41) is 3.63. The van der Waals surface area contributed by atoms with E-state index in [0.29, 0.717) is 22.2 Å². The molecule has 10 heteroatoms. The van der Waals surface area contributed by atoms with Gasteiger partial charge in [-0.3, -0.25) is 29.2 Å². The second-order valence-corrected chi connectivity index (χ2v) is 10.5. The van der Waals surface area contributed by atoms with Crippen LogP contribution in [0.25, 0.3) is 10.9 Å². The van der Waals surface area contributed by atoms with Gasteiger partial charge in [-0.2, -0.15) is 0 Å². The van der Waals surface area contributed by atoms with E-state index in [1.807, 2.05) is 38.1 Å². The Morgan fingerprint density at radius 2 is 1.84 bits per heavy atom. The molecule has 3 aliphatic rings. The second-order valence-electron chi connectivity index (χ2n) is 10.5. The van der Waals surface area contributed by atoms with Crippen LogP contribution < -0.4 is 15.8 Å². The van der Waals surface area contributed by atoms with Gasteiger partial charge in [0.1, 0.15) is 12.2 Å². The lowest BCUT2D eigenvalue weighted by molar-refractivity contribution is -0.152. The average Bonchev–Trinajstić information content (AvgIpc) is 3.47. The molecule has 3 aromatic rings. The topological polar surface area (TPSA) is 120 Å². The van der Waals surface area contributed by atoms with Crippen molar-refractivity contribution in [1.82, 2.24) is 14.9 Å². The van der Waals surface area contributed by atoms with Crippen LogP contribution in [0.15, 0.2) is 53.3 Å². The number of rotatable bonds is 4. The van der Waals surface area contributed by atoms with Gasteiger partial charge in [0.25, 0.3) is 5.56 Å². The van der Waals surface area contributed by atoms with E-state index in [2.05, 4.69) is 5.32 Å². The number of anilines is 1. The summed E-state index contributed by atoms with van der Waals surface area (Å²) in [6.45, 7) is 6.78. The molecule has 1 aromatic heterocycles. The number of para-hydroxylation sites is 2. The van der Waals surface area contributed by atoms with Crippen molar-refractivity contribution in [2.75, 3.05) is 4.90 Å². The van der Waals surface area contributed by atoms with Crippen molar-refractivity contribution in [3.63, 3.8) is 0 Å². The van der Waals surface area contributed by atoms with E-state index in [1.165, 1.54) is 11.5 Å². The highest BCUT2D eigenvalue weighted by atomic mass is 16.6. The number of aromatic nitrogens is 2. The standard InChI is InChI=1S/C28H28N4O6/c1-14(2)22(37-16(4)33)23-30-19-11-7-5-9-17(19)25(35)31(23)21-13-28(38-26(21)36)18-10-6-8-12-20(18)32-24(34)15(3)29-27(28)32/h5-12,14-15,21-22,27,29H,13H2,1-4H3/t15-,21+,22-,27+,28-/m0/s1. The molecule has 4 heterocycles. The van der Waals surface area contributed by atoms with E-state index in [1.54, 1.807) is 36.1 Å². The van der Waals surface area contributed by atoms with Gasteiger partial charge in [0, 0.05) is 18.9 Å². The van der Waals surface area contributed by atoms with Crippen molar-refractivity contribution in [2.24, 2.45) is 5.92 Å². The van der Waals surface area contributed by atoms with Crippen LogP contribution in [0.1, 0.15) is 57.6 Å². The zero-order valence-corrected chi connectivity index (χ0v) is 21.5. The summed E-state index contributed by atoms with van der Waals surface area (Å²) in [5.41, 5.74) is 0.205. The maximum atomic E-state index is 14.0. The molecule has 0 saturated carbocycles. The van der Waals surface area contributed by atoms with Gasteiger partial charge >= 0.3 is 11.9 Å². The van der Waals surface area contributed by atoms with Crippen LogP contribution in [-0.4, -0.2) is 39.6 Å². The maximum Gasteiger partial charge on any atom is 0.330 e. The minimum atomic E-state index is -1.20. The van der Waals surface area contributed by atoms with Gasteiger partial charge in [0.2, 0.25) is 5.91 Å². The van der Waals surface area contributed by atoms with Crippen molar-refractivity contribution in [3.8, 4) is 0 Å². The zero-order valence-electron chi connectivity index (χ0n) is 21.5. The molecule has 38 heavy (non-hydrogen) atoms. The average molecular weight is 517 g/mol. The normalized spacial score (nSPS) is 26.7. The predicted octanol–water partition coefficient (Wildman–Crippen LogP) is 2.70. The van der Waals surface area contributed by atoms with Crippen molar-refractivity contribution in [1.29, 1.82) is 0 Å². The van der Waals surface area contributed by atoms with Crippen molar-refractivity contribution in [3.05, 3.63) is 70.3 Å².